The van der Waals surface area contributed by atoms with Gasteiger partial charge in [-0.2, -0.15) is 0 Å². The minimum absolute atomic E-state index is 0.225. The first-order valence-electron chi connectivity index (χ1n) is 7.82. The lowest BCUT2D eigenvalue weighted by atomic mass is 10.1. The van der Waals surface area contributed by atoms with Crippen LogP contribution in [-0.2, 0) is 0 Å². The van der Waals surface area contributed by atoms with Crippen molar-refractivity contribution in [1.82, 2.24) is 9.55 Å². The average molecular weight is 416 g/mol. The molecule has 0 saturated heterocycles. The van der Waals surface area contributed by atoms with E-state index >= 15 is 0 Å². The van der Waals surface area contributed by atoms with Crippen molar-refractivity contribution >= 4 is 57.2 Å². The zero-order valence-electron chi connectivity index (χ0n) is 13.6. The van der Waals surface area contributed by atoms with Gasteiger partial charge in [0.25, 0.3) is 5.56 Å². The first kappa shape index (κ1) is 17.7. The van der Waals surface area contributed by atoms with Crippen molar-refractivity contribution in [3.63, 3.8) is 0 Å². The van der Waals surface area contributed by atoms with Gasteiger partial charge >= 0.3 is 0 Å². The molecule has 1 N–H and O–H groups in total. The second-order valence-electron chi connectivity index (χ2n) is 5.59. The maximum absolute atomic E-state index is 12.8. The Morgan fingerprint density at radius 1 is 1.11 bits per heavy atom. The minimum Gasteiger partial charge on any atom is -0.494 e. The molecule has 0 aliphatic heterocycles. The monoisotopic (exact) mass is 415 g/mol. The van der Waals surface area contributed by atoms with Gasteiger partial charge in [-0.1, -0.05) is 41.4 Å². The fourth-order valence-corrected chi connectivity index (χ4v) is 3.63. The van der Waals surface area contributed by atoms with Crippen molar-refractivity contribution in [2.75, 3.05) is 0 Å². The number of rotatable bonds is 3. The Kier molecular flexibility index (Phi) is 4.70. The maximum Gasteiger partial charge on any atom is 0.267 e. The van der Waals surface area contributed by atoms with Crippen LogP contribution in [0.15, 0.2) is 63.8 Å². The van der Waals surface area contributed by atoms with E-state index in [1.807, 2.05) is 0 Å². The topological polar surface area (TPSA) is 67.5 Å². The number of hydrogen-bond donors (Lipinski definition) is 1. The first-order chi connectivity index (χ1) is 13.1. The second-order valence-corrected chi connectivity index (χ2v) is 7.28. The van der Waals surface area contributed by atoms with Crippen LogP contribution >= 0.6 is 34.5 Å². The van der Waals surface area contributed by atoms with Crippen LogP contribution in [0.3, 0.4) is 0 Å². The molecular formula is C19H11Cl2N3O2S. The lowest BCUT2D eigenvalue weighted by Crippen LogP contribution is -2.19. The lowest BCUT2D eigenvalue weighted by Gasteiger charge is -2.11. The summed E-state index contributed by atoms with van der Waals surface area (Å²) >= 11 is 13.2. The molecule has 0 aliphatic rings. The Bertz CT molecular complexity index is 1230. The SMILES string of the molecule is O=c1c2ccccc2c(C=Nc2ccc(Cl)c(Cl)c2)c(O)n1-c1nccs1. The fraction of sp³-hybridized carbons (Fsp3) is 0. The lowest BCUT2D eigenvalue weighted by molar-refractivity contribution is 0.436. The molecular weight excluding hydrogens is 405 g/mol. The van der Waals surface area contributed by atoms with E-state index in [-0.39, 0.29) is 11.4 Å². The summed E-state index contributed by atoms with van der Waals surface area (Å²) in [7, 11) is 0. The fourth-order valence-electron chi connectivity index (χ4n) is 2.70. The molecule has 5 nitrogen and oxygen atoms in total. The number of hydrogen-bond acceptors (Lipinski definition) is 5. The summed E-state index contributed by atoms with van der Waals surface area (Å²) in [5.41, 5.74) is 0.635. The highest BCUT2D eigenvalue weighted by Gasteiger charge is 2.17. The molecule has 4 aromatic rings. The Balaban J connectivity index is 1.95. The zero-order chi connectivity index (χ0) is 19.0. The van der Waals surface area contributed by atoms with E-state index in [9.17, 15) is 9.90 Å². The van der Waals surface area contributed by atoms with Crippen LogP contribution < -0.4 is 5.56 Å². The van der Waals surface area contributed by atoms with Crippen LogP contribution in [-0.4, -0.2) is 20.9 Å². The molecule has 0 bridgehead atoms. The number of benzene rings is 2. The van der Waals surface area contributed by atoms with Gasteiger partial charge in [0, 0.05) is 28.6 Å². The van der Waals surface area contributed by atoms with Gasteiger partial charge in [0.05, 0.1) is 21.3 Å². The summed E-state index contributed by atoms with van der Waals surface area (Å²) in [5, 5.41) is 14.8. The van der Waals surface area contributed by atoms with Crippen molar-refractivity contribution in [1.29, 1.82) is 0 Å². The molecule has 4 rings (SSSR count). The smallest absolute Gasteiger partial charge is 0.267 e. The minimum atomic E-state index is -0.343. The van der Waals surface area contributed by atoms with Crippen molar-refractivity contribution in [3.05, 3.63) is 80.0 Å². The van der Waals surface area contributed by atoms with E-state index in [1.165, 1.54) is 22.1 Å². The Labute approximate surface area is 167 Å². The summed E-state index contributed by atoms with van der Waals surface area (Å²) in [4.78, 5) is 21.4. The number of nitrogens with zero attached hydrogens (tertiary/aromatic N) is 3. The van der Waals surface area contributed by atoms with Gasteiger partial charge in [0.2, 0.25) is 5.88 Å². The van der Waals surface area contributed by atoms with Gasteiger partial charge in [-0.15, -0.1) is 11.3 Å². The molecule has 0 unspecified atom stereocenters. The summed E-state index contributed by atoms with van der Waals surface area (Å²) in [6, 6.07) is 12.0. The van der Waals surface area contributed by atoms with E-state index in [0.717, 1.165) is 0 Å². The molecule has 2 aromatic carbocycles. The Morgan fingerprint density at radius 3 is 2.59 bits per heavy atom. The number of fused-ring (bicyclic) bond motifs is 1. The Morgan fingerprint density at radius 2 is 1.89 bits per heavy atom. The molecule has 27 heavy (non-hydrogen) atoms. The van der Waals surface area contributed by atoms with Crippen molar-refractivity contribution in [2.24, 2.45) is 4.99 Å². The van der Waals surface area contributed by atoms with Gasteiger partial charge in [0.1, 0.15) is 0 Å². The number of halogens is 2. The second kappa shape index (κ2) is 7.15. The highest BCUT2D eigenvalue weighted by molar-refractivity contribution is 7.12. The summed E-state index contributed by atoms with van der Waals surface area (Å²) in [6.45, 7) is 0. The zero-order valence-corrected chi connectivity index (χ0v) is 16.0. The van der Waals surface area contributed by atoms with Crippen molar-refractivity contribution < 1.29 is 5.11 Å². The molecule has 0 saturated carbocycles. The molecule has 0 radical (unpaired) electrons. The third-order valence-electron chi connectivity index (χ3n) is 3.96. The van der Waals surface area contributed by atoms with Crippen LogP contribution in [0.1, 0.15) is 5.56 Å². The number of aromatic hydroxyl groups is 1. The highest BCUT2D eigenvalue weighted by Crippen LogP contribution is 2.29. The third-order valence-corrected chi connectivity index (χ3v) is 5.46. The van der Waals surface area contributed by atoms with Gasteiger partial charge in [-0.3, -0.25) is 9.79 Å². The average Bonchev–Trinajstić information content (AvgIpc) is 3.19. The molecule has 8 heteroatoms. The van der Waals surface area contributed by atoms with E-state index in [0.29, 0.717) is 37.2 Å². The van der Waals surface area contributed by atoms with Crippen molar-refractivity contribution in [2.45, 2.75) is 0 Å². The standard InChI is InChI=1S/C19H11Cl2N3O2S/c20-15-6-5-11(9-16(15)21)23-10-14-12-3-1-2-4-13(12)17(25)24(18(14)26)19-22-7-8-27-19/h1-10,26H. The molecule has 0 spiro atoms. The Hall–Kier alpha value is -2.67. The largest absolute Gasteiger partial charge is 0.494 e. The van der Waals surface area contributed by atoms with E-state index in [4.69, 9.17) is 23.2 Å². The van der Waals surface area contributed by atoms with E-state index in [1.54, 1.807) is 54.0 Å². The van der Waals surface area contributed by atoms with Crippen molar-refractivity contribution in [3.8, 4) is 11.0 Å². The van der Waals surface area contributed by atoms with Gasteiger partial charge in [-0.05, 0) is 24.3 Å². The molecule has 0 atom stereocenters. The van der Waals surface area contributed by atoms with Crippen LogP contribution in [0.4, 0.5) is 5.69 Å². The van der Waals surface area contributed by atoms with E-state index < -0.39 is 0 Å². The molecule has 0 fully saturated rings. The van der Waals surface area contributed by atoms with Crippen LogP contribution in [0, 0.1) is 0 Å². The van der Waals surface area contributed by atoms with Crippen LogP contribution in [0.25, 0.3) is 15.9 Å². The first-order valence-corrected chi connectivity index (χ1v) is 9.45. The molecule has 0 aliphatic carbocycles. The number of aromatic nitrogens is 2. The molecule has 134 valence electrons. The summed E-state index contributed by atoms with van der Waals surface area (Å²) < 4.78 is 1.18. The van der Waals surface area contributed by atoms with E-state index in [2.05, 4.69) is 9.98 Å². The number of thiazole rings is 1. The van der Waals surface area contributed by atoms with Gasteiger partial charge < -0.3 is 5.11 Å². The number of aliphatic imine (C=N–C) groups is 1. The third kappa shape index (κ3) is 3.23. The highest BCUT2D eigenvalue weighted by atomic mass is 35.5. The predicted molar refractivity (Wildman–Crippen MR) is 111 cm³/mol. The van der Waals surface area contributed by atoms with Crippen LogP contribution in [0.2, 0.25) is 10.0 Å². The molecule has 2 aromatic heterocycles. The normalized spacial score (nSPS) is 11.5. The maximum atomic E-state index is 12.8. The van der Waals surface area contributed by atoms with Gasteiger partial charge in [0.15, 0.2) is 5.13 Å². The predicted octanol–water partition coefficient (Wildman–Crippen LogP) is 5.21. The van der Waals surface area contributed by atoms with Crippen LogP contribution in [0.5, 0.6) is 5.88 Å². The quantitative estimate of drug-likeness (QED) is 0.466. The molecule has 0 amide bonds. The summed E-state index contributed by atoms with van der Waals surface area (Å²) in [6.07, 6.45) is 3.07. The molecule has 2 heterocycles. The number of pyridine rings is 1. The van der Waals surface area contributed by atoms with Gasteiger partial charge in [-0.25, -0.2) is 9.55 Å². The summed E-state index contributed by atoms with van der Waals surface area (Å²) in [5.74, 6) is -0.225.